The highest BCUT2D eigenvalue weighted by atomic mass is 32.2. The van der Waals surface area contributed by atoms with Crippen LogP contribution in [0.2, 0.25) is 0 Å². The molecule has 0 aliphatic carbocycles. The second-order valence-electron chi connectivity index (χ2n) is 8.25. The maximum absolute atomic E-state index is 13.8. The number of hydrogen-bond donors (Lipinski definition) is 0. The third kappa shape index (κ3) is 4.89. The predicted molar refractivity (Wildman–Crippen MR) is 123 cm³/mol. The Morgan fingerprint density at radius 1 is 0.968 bits per heavy atom. The quantitative estimate of drug-likeness (QED) is 0.567. The molecule has 1 atom stereocenters. The first-order valence-corrected chi connectivity index (χ1v) is 11.7. The van der Waals surface area contributed by atoms with Crippen LogP contribution in [-0.2, 0) is 30.1 Å². The highest BCUT2D eigenvalue weighted by molar-refractivity contribution is 7.85. The molecule has 0 radical (unpaired) electrons. The fourth-order valence-corrected chi connectivity index (χ4v) is 5.20. The van der Waals surface area contributed by atoms with E-state index in [0.29, 0.717) is 17.7 Å². The minimum atomic E-state index is -1.33. The van der Waals surface area contributed by atoms with Crippen molar-refractivity contribution in [2.24, 2.45) is 0 Å². The summed E-state index contributed by atoms with van der Waals surface area (Å²) in [6.45, 7) is 3.78. The maximum Gasteiger partial charge on any atom is 0.135 e. The number of aryl methyl sites for hydroxylation is 1. The van der Waals surface area contributed by atoms with Crippen molar-refractivity contribution in [1.82, 2.24) is 4.90 Å². The van der Waals surface area contributed by atoms with Gasteiger partial charge in [-0.05, 0) is 91.4 Å². The summed E-state index contributed by atoms with van der Waals surface area (Å²) in [6, 6.07) is 17.2. The van der Waals surface area contributed by atoms with Crippen molar-refractivity contribution in [3.63, 3.8) is 0 Å². The number of methoxy groups -OCH3 is 1. The Bertz CT molecular complexity index is 1110. The van der Waals surface area contributed by atoms with E-state index in [2.05, 4.69) is 24.1 Å². The first-order chi connectivity index (χ1) is 14.9. The van der Waals surface area contributed by atoms with Gasteiger partial charge in [0.15, 0.2) is 0 Å². The van der Waals surface area contributed by atoms with Gasteiger partial charge in [-0.3, -0.25) is 0 Å². The maximum atomic E-state index is 13.8. The molecule has 0 fully saturated rings. The SMILES string of the molecule is COc1cc2c(cc1S(=O)c1ccc(Cc3ccc(C)c(F)c3)cc1)CCN(C)CC2. The molecule has 1 aliphatic rings. The van der Waals surface area contributed by atoms with Gasteiger partial charge in [0.2, 0.25) is 0 Å². The van der Waals surface area contributed by atoms with Crippen molar-refractivity contribution in [2.45, 2.75) is 36.0 Å². The fourth-order valence-electron chi connectivity index (χ4n) is 3.99. The molecule has 3 aromatic carbocycles. The molecule has 0 saturated carbocycles. The molecule has 0 aromatic heterocycles. The zero-order chi connectivity index (χ0) is 22.0. The van der Waals surface area contributed by atoms with Crippen LogP contribution >= 0.6 is 0 Å². The summed E-state index contributed by atoms with van der Waals surface area (Å²) in [5, 5.41) is 0. The van der Waals surface area contributed by atoms with Crippen molar-refractivity contribution >= 4 is 10.8 Å². The molecule has 5 heteroatoms. The van der Waals surface area contributed by atoms with Gasteiger partial charge in [0, 0.05) is 18.0 Å². The molecule has 3 aromatic rings. The third-order valence-corrected chi connectivity index (χ3v) is 7.41. The van der Waals surface area contributed by atoms with Crippen LogP contribution in [0, 0.1) is 12.7 Å². The smallest absolute Gasteiger partial charge is 0.135 e. The normalized spacial score (nSPS) is 15.2. The molecule has 1 unspecified atom stereocenters. The van der Waals surface area contributed by atoms with Gasteiger partial charge in [-0.15, -0.1) is 0 Å². The number of fused-ring (bicyclic) bond motifs is 1. The van der Waals surface area contributed by atoms with Crippen molar-refractivity contribution in [2.75, 3.05) is 27.2 Å². The van der Waals surface area contributed by atoms with Crippen LogP contribution in [0.5, 0.6) is 5.75 Å². The number of rotatable bonds is 5. The Labute approximate surface area is 186 Å². The van der Waals surface area contributed by atoms with Gasteiger partial charge in [0.1, 0.15) is 11.6 Å². The first kappa shape index (κ1) is 21.7. The Kier molecular flexibility index (Phi) is 6.54. The van der Waals surface area contributed by atoms with Gasteiger partial charge in [-0.2, -0.15) is 0 Å². The lowest BCUT2D eigenvalue weighted by Crippen LogP contribution is -2.20. The van der Waals surface area contributed by atoms with E-state index in [1.807, 2.05) is 30.3 Å². The monoisotopic (exact) mass is 437 g/mol. The number of halogens is 1. The summed E-state index contributed by atoms with van der Waals surface area (Å²) >= 11 is 0. The van der Waals surface area contributed by atoms with E-state index in [-0.39, 0.29) is 5.82 Å². The Hall–Kier alpha value is -2.50. The van der Waals surface area contributed by atoms with Gasteiger partial charge < -0.3 is 9.64 Å². The number of likely N-dealkylation sites (N-methyl/N-ethyl adjacent to an activating group) is 1. The average Bonchev–Trinajstić information content (AvgIpc) is 2.96. The van der Waals surface area contributed by atoms with E-state index in [0.717, 1.165) is 46.8 Å². The van der Waals surface area contributed by atoms with Crippen LogP contribution < -0.4 is 4.74 Å². The lowest BCUT2D eigenvalue weighted by Gasteiger charge is -2.14. The molecule has 1 heterocycles. The standard InChI is InChI=1S/C26H28FNO2S/c1-18-4-5-20(15-24(18)27)14-19-6-8-23(9-7-19)31(29)26-17-22-11-13-28(2)12-10-21(22)16-25(26)30-3/h4-9,15-17H,10-14H2,1-3H3. The zero-order valence-corrected chi connectivity index (χ0v) is 19.1. The number of ether oxygens (including phenoxy) is 1. The van der Waals surface area contributed by atoms with Crippen LogP contribution in [0.1, 0.15) is 27.8 Å². The predicted octanol–water partition coefficient (Wildman–Crippen LogP) is 4.93. The van der Waals surface area contributed by atoms with Gasteiger partial charge in [0.25, 0.3) is 0 Å². The molecule has 0 spiro atoms. The van der Waals surface area contributed by atoms with E-state index >= 15 is 0 Å². The third-order valence-electron chi connectivity index (χ3n) is 5.99. The summed E-state index contributed by atoms with van der Waals surface area (Å²) < 4.78 is 32.8. The van der Waals surface area contributed by atoms with E-state index in [9.17, 15) is 8.60 Å². The van der Waals surface area contributed by atoms with E-state index in [1.54, 1.807) is 26.2 Å². The molecule has 0 bridgehead atoms. The van der Waals surface area contributed by atoms with E-state index in [4.69, 9.17) is 4.74 Å². The van der Waals surface area contributed by atoms with Gasteiger partial charge >= 0.3 is 0 Å². The second kappa shape index (κ2) is 9.33. The van der Waals surface area contributed by atoms with Crippen LogP contribution in [-0.4, -0.2) is 36.4 Å². The Morgan fingerprint density at radius 2 is 1.61 bits per heavy atom. The summed E-state index contributed by atoms with van der Waals surface area (Å²) in [5.74, 6) is 0.498. The summed E-state index contributed by atoms with van der Waals surface area (Å²) in [6.07, 6.45) is 2.56. The summed E-state index contributed by atoms with van der Waals surface area (Å²) in [7, 11) is 2.44. The minimum Gasteiger partial charge on any atom is -0.495 e. The Balaban J connectivity index is 1.57. The molecule has 0 saturated heterocycles. The molecule has 162 valence electrons. The fraction of sp³-hybridized carbons (Fsp3) is 0.308. The zero-order valence-electron chi connectivity index (χ0n) is 18.3. The molecule has 3 nitrogen and oxygen atoms in total. The van der Waals surface area contributed by atoms with Crippen LogP contribution in [0.25, 0.3) is 0 Å². The first-order valence-electron chi connectivity index (χ1n) is 10.6. The van der Waals surface area contributed by atoms with E-state index in [1.165, 1.54) is 11.1 Å². The number of hydrogen-bond acceptors (Lipinski definition) is 3. The highest BCUT2D eigenvalue weighted by Crippen LogP contribution is 2.31. The van der Waals surface area contributed by atoms with Crippen LogP contribution in [0.3, 0.4) is 0 Å². The molecular formula is C26H28FNO2S. The van der Waals surface area contributed by atoms with Crippen LogP contribution in [0.4, 0.5) is 4.39 Å². The van der Waals surface area contributed by atoms with Crippen molar-refractivity contribution in [1.29, 1.82) is 0 Å². The van der Waals surface area contributed by atoms with E-state index < -0.39 is 10.8 Å². The topological polar surface area (TPSA) is 29.5 Å². The molecule has 1 aliphatic heterocycles. The number of nitrogens with zero attached hydrogens (tertiary/aromatic N) is 1. The van der Waals surface area contributed by atoms with Crippen molar-refractivity contribution in [3.05, 3.63) is 88.2 Å². The molecule has 4 rings (SSSR count). The lowest BCUT2D eigenvalue weighted by molar-refractivity contribution is 0.352. The lowest BCUT2D eigenvalue weighted by atomic mass is 10.0. The highest BCUT2D eigenvalue weighted by Gasteiger charge is 2.19. The Morgan fingerprint density at radius 3 is 2.26 bits per heavy atom. The summed E-state index contributed by atoms with van der Waals surface area (Å²) in [4.78, 5) is 3.78. The van der Waals surface area contributed by atoms with Crippen molar-refractivity contribution < 1.29 is 13.3 Å². The molecule has 0 N–H and O–H groups in total. The molecule has 31 heavy (non-hydrogen) atoms. The van der Waals surface area contributed by atoms with Gasteiger partial charge in [0.05, 0.1) is 22.8 Å². The average molecular weight is 438 g/mol. The summed E-state index contributed by atoms with van der Waals surface area (Å²) in [5.41, 5.74) is 5.17. The minimum absolute atomic E-state index is 0.184. The number of benzene rings is 3. The second-order valence-corrected chi connectivity index (χ2v) is 9.70. The van der Waals surface area contributed by atoms with Crippen LogP contribution in [0.15, 0.2) is 64.4 Å². The molecule has 0 amide bonds. The molecular weight excluding hydrogens is 409 g/mol. The van der Waals surface area contributed by atoms with Gasteiger partial charge in [-0.1, -0.05) is 24.3 Å². The van der Waals surface area contributed by atoms with Gasteiger partial charge in [-0.25, -0.2) is 8.60 Å². The largest absolute Gasteiger partial charge is 0.495 e. The van der Waals surface area contributed by atoms with Crippen molar-refractivity contribution in [3.8, 4) is 5.75 Å².